The third kappa shape index (κ3) is 3.61. The van der Waals surface area contributed by atoms with Crippen molar-refractivity contribution in [3.05, 3.63) is 73.6 Å². The quantitative estimate of drug-likeness (QED) is 0.656. The smallest absolute Gasteiger partial charge is 0.232 e. The van der Waals surface area contributed by atoms with E-state index in [-0.39, 0.29) is 17.8 Å². The second kappa shape index (κ2) is 6.54. The molecule has 0 aliphatic carbocycles. The van der Waals surface area contributed by atoms with Gasteiger partial charge in [0.15, 0.2) is 5.43 Å². The Balaban J connectivity index is 1.84. The Labute approximate surface area is 146 Å². The lowest BCUT2D eigenvalue weighted by molar-refractivity contribution is -0.115. The highest BCUT2D eigenvalue weighted by Crippen LogP contribution is 2.17. The first-order valence-electron chi connectivity index (χ1n) is 7.11. The van der Waals surface area contributed by atoms with Crippen molar-refractivity contribution in [2.45, 2.75) is 13.3 Å². The highest BCUT2D eigenvalue weighted by Gasteiger charge is 2.10. The lowest BCUT2D eigenvalue weighted by Crippen LogP contribution is -2.16. The van der Waals surface area contributed by atoms with Gasteiger partial charge in [0.2, 0.25) is 5.91 Å². The number of carbonyl (C=O) groups is 1. The summed E-state index contributed by atoms with van der Waals surface area (Å²) in [4.78, 5) is 24.3. The van der Waals surface area contributed by atoms with Crippen molar-refractivity contribution in [3.8, 4) is 0 Å². The molecule has 5 heteroatoms. The van der Waals surface area contributed by atoms with Gasteiger partial charge in [-0.1, -0.05) is 18.2 Å². The summed E-state index contributed by atoms with van der Waals surface area (Å²) < 4.78 is 6.64. The Morgan fingerprint density at radius 1 is 1.17 bits per heavy atom. The number of anilines is 1. The highest BCUT2D eigenvalue weighted by molar-refractivity contribution is 14.1. The van der Waals surface area contributed by atoms with Crippen LogP contribution in [-0.4, -0.2) is 5.91 Å². The molecule has 0 fully saturated rings. The summed E-state index contributed by atoms with van der Waals surface area (Å²) in [5, 5.41) is 3.36. The number of benzene rings is 2. The van der Waals surface area contributed by atoms with E-state index < -0.39 is 0 Å². The molecule has 0 atom stereocenters. The van der Waals surface area contributed by atoms with Gasteiger partial charge in [0.1, 0.15) is 11.3 Å². The first-order chi connectivity index (χ1) is 11.0. The zero-order chi connectivity index (χ0) is 16.4. The van der Waals surface area contributed by atoms with Gasteiger partial charge in [-0.05, 0) is 59.3 Å². The summed E-state index contributed by atoms with van der Waals surface area (Å²) in [6.07, 6.45) is 0.0193. The number of aryl methyl sites for hydroxylation is 1. The largest absolute Gasteiger partial charge is 0.460 e. The van der Waals surface area contributed by atoms with Gasteiger partial charge in [-0.25, -0.2) is 0 Å². The van der Waals surface area contributed by atoms with Gasteiger partial charge in [0.25, 0.3) is 0 Å². The van der Waals surface area contributed by atoms with E-state index in [1.807, 2.05) is 37.3 Å². The first-order valence-corrected chi connectivity index (χ1v) is 8.18. The van der Waals surface area contributed by atoms with Crippen molar-refractivity contribution in [2.75, 3.05) is 5.32 Å². The fourth-order valence-electron chi connectivity index (χ4n) is 2.33. The average molecular weight is 419 g/mol. The standard InChI is InChI=1S/C18H14INO3/c1-11-4-2-3-5-15(11)20-18(22)10-13-9-16(21)14-8-12(19)6-7-17(14)23-13/h2-9H,10H2,1H3,(H,20,22). The van der Waals surface area contributed by atoms with Gasteiger partial charge in [-0.15, -0.1) is 0 Å². The molecule has 0 saturated heterocycles. The molecular weight excluding hydrogens is 405 g/mol. The van der Waals surface area contributed by atoms with E-state index in [1.54, 1.807) is 12.1 Å². The van der Waals surface area contributed by atoms with Crippen molar-refractivity contribution in [1.82, 2.24) is 0 Å². The Kier molecular flexibility index (Phi) is 4.47. The minimum atomic E-state index is -0.215. The van der Waals surface area contributed by atoms with Crippen LogP contribution in [0, 0.1) is 10.5 Å². The molecule has 0 radical (unpaired) electrons. The van der Waals surface area contributed by atoms with Crippen LogP contribution in [0.25, 0.3) is 11.0 Å². The van der Waals surface area contributed by atoms with Crippen LogP contribution in [0.2, 0.25) is 0 Å². The third-order valence-corrected chi connectivity index (χ3v) is 4.17. The van der Waals surface area contributed by atoms with E-state index in [9.17, 15) is 9.59 Å². The summed E-state index contributed by atoms with van der Waals surface area (Å²) in [6.45, 7) is 1.92. The molecule has 1 heterocycles. The second-order valence-electron chi connectivity index (χ2n) is 5.26. The number of rotatable bonds is 3. The lowest BCUT2D eigenvalue weighted by Gasteiger charge is -2.08. The second-order valence-corrected chi connectivity index (χ2v) is 6.50. The van der Waals surface area contributed by atoms with Gasteiger partial charge in [0, 0.05) is 15.3 Å². The number of para-hydroxylation sites is 1. The summed E-state index contributed by atoms with van der Waals surface area (Å²) >= 11 is 2.14. The summed E-state index contributed by atoms with van der Waals surface area (Å²) in [5.74, 6) is 0.141. The molecule has 3 aromatic rings. The van der Waals surface area contributed by atoms with Crippen LogP contribution >= 0.6 is 22.6 Å². The van der Waals surface area contributed by atoms with E-state index in [0.717, 1.165) is 14.8 Å². The number of fused-ring (bicyclic) bond motifs is 1. The molecule has 2 aromatic carbocycles. The van der Waals surface area contributed by atoms with Gasteiger partial charge in [-0.2, -0.15) is 0 Å². The van der Waals surface area contributed by atoms with E-state index in [2.05, 4.69) is 27.9 Å². The Morgan fingerprint density at radius 2 is 1.96 bits per heavy atom. The van der Waals surface area contributed by atoms with E-state index in [4.69, 9.17) is 4.42 Å². The van der Waals surface area contributed by atoms with Crippen molar-refractivity contribution in [1.29, 1.82) is 0 Å². The van der Waals surface area contributed by atoms with Crippen molar-refractivity contribution < 1.29 is 9.21 Å². The number of carbonyl (C=O) groups excluding carboxylic acids is 1. The number of amides is 1. The molecule has 1 aromatic heterocycles. The van der Waals surface area contributed by atoms with Crippen LogP contribution in [0.4, 0.5) is 5.69 Å². The van der Waals surface area contributed by atoms with E-state index in [1.165, 1.54) is 6.07 Å². The number of hydrogen-bond donors (Lipinski definition) is 1. The maximum absolute atomic E-state index is 12.2. The zero-order valence-electron chi connectivity index (χ0n) is 12.4. The molecule has 0 spiro atoms. The van der Waals surface area contributed by atoms with Crippen LogP contribution in [0.1, 0.15) is 11.3 Å². The Hall–Kier alpha value is -2.15. The van der Waals surface area contributed by atoms with Crippen LogP contribution in [0.15, 0.2) is 57.7 Å². The number of nitrogens with one attached hydrogen (secondary N) is 1. The molecule has 0 bridgehead atoms. The average Bonchev–Trinajstić information content (AvgIpc) is 2.50. The minimum Gasteiger partial charge on any atom is -0.460 e. The molecular formula is C18H14INO3. The molecule has 0 aliphatic heterocycles. The van der Waals surface area contributed by atoms with Gasteiger partial charge in [-0.3, -0.25) is 9.59 Å². The van der Waals surface area contributed by atoms with Gasteiger partial charge < -0.3 is 9.73 Å². The van der Waals surface area contributed by atoms with Crippen molar-refractivity contribution in [3.63, 3.8) is 0 Å². The summed E-state index contributed by atoms with van der Waals surface area (Å²) in [5.41, 5.74) is 2.10. The topological polar surface area (TPSA) is 59.3 Å². The van der Waals surface area contributed by atoms with Crippen molar-refractivity contribution in [2.24, 2.45) is 0 Å². The zero-order valence-corrected chi connectivity index (χ0v) is 14.6. The summed E-state index contributed by atoms with van der Waals surface area (Å²) in [7, 11) is 0. The molecule has 1 amide bonds. The van der Waals surface area contributed by atoms with Crippen LogP contribution in [0.5, 0.6) is 0 Å². The SMILES string of the molecule is Cc1ccccc1NC(=O)Cc1cc(=O)c2cc(I)ccc2o1. The van der Waals surface area contributed by atoms with E-state index >= 15 is 0 Å². The number of halogens is 1. The number of hydrogen-bond acceptors (Lipinski definition) is 3. The fourth-order valence-corrected chi connectivity index (χ4v) is 2.82. The van der Waals surface area contributed by atoms with Gasteiger partial charge in [0.05, 0.1) is 11.8 Å². The Bertz CT molecular complexity index is 946. The fraction of sp³-hybridized carbons (Fsp3) is 0.111. The predicted molar refractivity (Wildman–Crippen MR) is 98.7 cm³/mol. The van der Waals surface area contributed by atoms with E-state index in [0.29, 0.717) is 16.7 Å². The van der Waals surface area contributed by atoms with Crippen LogP contribution in [-0.2, 0) is 11.2 Å². The first kappa shape index (κ1) is 15.7. The third-order valence-electron chi connectivity index (χ3n) is 3.49. The Morgan fingerprint density at radius 3 is 2.74 bits per heavy atom. The molecule has 0 aliphatic rings. The predicted octanol–water partition coefficient (Wildman–Crippen LogP) is 3.89. The summed E-state index contributed by atoms with van der Waals surface area (Å²) in [6, 6.07) is 14.3. The van der Waals surface area contributed by atoms with Gasteiger partial charge >= 0.3 is 0 Å². The molecule has 0 saturated carbocycles. The van der Waals surface area contributed by atoms with Crippen molar-refractivity contribution >= 4 is 45.2 Å². The minimum absolute atomic E-state index is 0.0193. The molecule has 116 valence electrons. The monoisotopic (exact) mass is 419 g/mol. The van der Waals surface area contributed by atoms with Crippen LogP contribution in [0.3, 0.4) is 0 Å². The molecule has 3 rings (SSSR count). The molecule has 4 nitrogen and oxygen atoms in total. The van der Waals surface area contributed by atoms with Crippen LogP contribution < -0.4 is 10.7 Å². The normalized spacial score (nSPS) is 10.7. The molecule has 1 N–H and O–H groups in total. The maximum Gasteiger partial charge on any atom is 0.232 e. The highest BCUT2D eigenvalue weighted by atomic mass is 127. The molecule has 0 unspecified atom stereocenters. The maximum atomic E-state index is 12.2. The molecule has 23 heavy (non-hydrogen) atoms. The lowest BCUT2D eigenvalue weighted by atomic mass is 10.2.